The van der Waals surface area contributed by atoms with E-state index in [1.54, 1.807) is 24.3 Å². The van der Waals surface area contributed by atoms with Crippen molar-refractivity contribution in [2.45, 2.75) is 6.92 Å². The Morgan fingerprint density at radius 1 is 1.20 bits per heavy atom. The maximum Gasteiger partial charge on any atom is 0.258 e. The molecule has 20 heavy (non-hydrogen) atoms. The second-order valence-corrected chi connectivity index (χ2v) is 4.06. The van der Waals surface area contributed by atoms with Gasteiger partial charge in [-0.25, -0.2) is 0 Å². The minimum atomic E-state index is -0.284. The molecule has 0 saturated carbocycles. The van der Waals surface area contributed by atoms with E-state index >= 15 is 0 Å². The Kier molecular flexibility index (Phi) is 4.05. The molecule has 2 rings (SSSR count). The van der Waals surface area contributed by atoms with E-state index in [-0.39, 0.29) is 11.8 Å². The van der Waals surface area contributed by atoms with Crippen molar-refractivity contribution in [2.75, 3.05) is 17.7 Å². The smallest absolute Gasteiger partial charge is 0.258 e. The first-order valence-corrected chi connectivity index (χ1v) is 5.89. The number of carbonyl (C=O) groups excluding carboxylic acids is 2. The first-order chi connectivity index (χ1) is 9.60. The van der Waals surface area contributed by atoms with Crippen molar-refractivity contribution in [3.63, 3.8) is 0 Å². The summed E-state index contributed by atoms with van der Waals surface area (Å²) in [5, 5.41) is 5.35. The molecule has 1 heterocycles. The van der Waals surface area contributed by atoms with Crippen molar-refractivity contribution in [2.24, 2.45) is 0 Å². The molecule has 1 aromatic heterocycles. The van der Waals surface area contributed by atoms with E-state index in [0.29, 0.717) is 22.7 Å². The Bertz CT molecular complexity index is 620. The average Bonchev–Trinajstić information content (AvgIpc) is 2.94. The molecule has 0 fully saturated rings. The molecule has 6 nitrogen and oxygen atoms in total. The quantitative estimate of drug-likeness (QED) is 0.897. The van der Waals surface area contributed by atoms with Crippen LogP contribution in [-0.4, -0.2) is 18.9 Å². The highest BCUT2D eigenvalue weighted by Crippen LogP contribution is 2.28. The third-order valence-corrected chi connectivity index (χ3v) is 2.55. The monoisotopic (exact) mass is 274 g/mol. The Balaban J connectivity index is 2.17. The molecule has 2 amide bonds. The molecule has 6 heteroatoms. The van der Waals surface area contributed by atoms with Crippen LogP contribution in [0.4, 0.5) is 11.4 Å². The SMILES string of the molecule is COc1cc(NC(=O)c2ccoc2)ccc1NC(C)=O. The van der Waals surface area contributed by atoms with Crippen LogP contribution < -0.4 is 15.4 Å². The molecule has 104 valence electrons. The van der Waals surface area contributed by atoms with Crippen LogP contribution in [0.15, 0.2) is 41.2 Å². The topological polar surface area (TPSA) is 80.6 Å². The van der Waals surface area contributed by atoms with Crippen molar-refractivity contribution in [1.29, 1.82) is 0 Å². The summed E-state index contributed by atoms with van der Waals surface area (Å²) in [5.74, 6) is -0.0169. The maximum absolute atomic E-state index is 11.9. The highest BCUT2D eigenvalue weighted by Gasteiger charge is 2.10. The average molecular weight is 274 g/mol. The number of benzene rings is 1. The second-order valence-electron chi connectivity index (χ2n) is 4.06. The molecule has 0 saturated heterocycles. The molecule has 0 atom stereocenters. The van der Waals surface area contributed by atoms with Gasteiger partial charge in [0.15, 0.2) is 0 Å². The van der Waals surface area contributed by atoms with Crippen LogP contribution in [0.1, 0.15) is 17.3 Å². The van der Waals surface area contributed by atoms with E-state index < -0.39 is 0 Å². The zero-order valence-corrected chi connectivity index (χ0v) is 11.1. The third-order valence-electron chi connectivity index (χ3n) is 2.55. The number of ether oxygens (including phenoxy) is 1. The van der Waals surface area contributed by atoms with E-state index in [4.69, 9.17) is 9.15 Å². The van der Waals surface area contributed by atoms with Crippen LogP contribution in [0.25, 0.3) is 0 Å². The van der Waals surface area contributed by atoms with E-state index in [2.05, 4.69) is 10.6 Å². The van der Waals surface area contributed by atoms with Crippen LogP contribution in [0.3, 0.4) is 0 Å². The largest absolute Gasteiger partial charge is 0.494 e. The standard InChI is InChI=1S/C14H14N2O4/c1-9(17)15-12-4-3-11(7-13(12)19-2)16-14(18)10-5-6-20-8-10/h3-8H,1-2H3,(H,15,17)(H,16,18). The fraction of sp³-hybridized carbons (Fsp3) is 0.143. The lowest BCUT2D eigenvalue weighted by atomic mass is 10.2. The lowest BCUT2D eigenvalue weighted by Gasteiger charge is -2.11. The molecule has 1 aromatic carbocycles. The van der Waals surface area contributed by atoms with Crippen LogP contribution in [-0.2, 0) is 4.79 Å². The lowest BCUT2D eigenvalue weighted by Crippen LogP contribution is -2.11. The van der Waals surface area contributed by atoms with Gasteiger partial charge in [0.1, 0.15) is 12.0 Å². The molecular formula is C14H14N2O4. The van der Waals surface area contributed by atoms with Gasteiger partial charge in [0.25, 0.3) is 5.91 Å². The van der Waals surface area contributed by atoms with E-state index in [1.807, 2.05) is 0 Å². The van der Waals surface area contributed by atoms with Gasteiger partial charge in [-0.1, -0.05) is 0 Å². The number of anilines is 2. The van der Waals surface area contributed by atoms with E-state index in [0.717, 1.165) is 0 Å². The number of rotatable bonds is 4. The Hall–Kier alpha value is -2.76. The molecule has 0 spiro atoms. The summed E-state index contributed by atoms with van der Waals surface area (Å²) in [4.78, 5) is 22.9. The minimum Gasteiger partial charge on any atom is -0.494 e. The van der Waals surface area contributed by atoms with Crippen LogP contribution in [0.5, 0.6) is 5.75 Å². The summed E-state index contributed by atoms with van der Waals surface area (Å²) in [6.45, 7) is 1.41. The molecule has 0 unspecified atom stereocenters. The van der Waals surface area contributed by atoms with Gasteiger partial charge in [0.05, 0.1) is 24.6 Å². The maximum atomic E-state index is 11.9. The number of furan rings is 1. The lowest BCUT2D eigenvalue weighted by molar-refractivity contribution is -0.114. The Morgan fingerprint density at radius 3 is 2.60 bits per heavy atom. The Morgan fingerprint density at radius 2 is 2.00 bits per heavy atom. The molecule has 0 bridgehead atoms. The molecule has 0 aliphatic carbocycles. The van der Waals surface area contributed by atoms with Gasteiger partial charge in [-0.05, 0) is 18.2 Å². The second kappa shape index (κ2) is 5.92. The van der Waals surface area contributed by atoms with Gasteiger partial charge in [-0.15, -0.1) is 0 Å². The van der Waals surface area contributed by atoms with Gasteiger partial charge in [-0.2, -0.15) is 0 Å². The number of hydrogen-bond donors (Lipinski definition) is 2. The van der Waals surface area contributed by atoms with Crippen molar-refractivity contribution in [3.05, 3.63) is 42.4 Å². The van der Waals surface area contributed by atoms with E-state index in [1.165, 1.54) is 26.6 Å². The minimum absolute atomic E-state index is 0.196. The highest BCUT2D eigenvalue weighted by molar-refractivity contribution is 6.04. The molecular weight excluding hydrogens is 260 g/mol. The first kappa shape index (κ1) is 13.7. The predicted molar refractivity (Wildman–Crippen MR) is 74.0 cm³/mol. The first-order valence-electron chi connectivity index (χ1n) is 5.89. The fourth-order valence-corrected chi connectivity index (χ4v) is 1.66. The number of carbonyl (C=O) groups is 2. The molecule has 2 aromatic rings. The van der Waals surface area contributed by atoms with Crippen LogP contribution in [0, 0.1) is 0 Å². The fourth-order valence-electron chi connectivity index (χ4n) is 1.66. The number of amides is 2. The third kappa shape index (κ3) is 3.17. The van der Waals surface area contributed by atoms with Crippen LogP contribution in [0.2, 0.25) is 0 Å². The summed E-state index contributed by atoms with van der Waals surface area (Å²) in [6.07, 6.45) is 2.79. The summed E-state index contributed by atoms with van der Waals surface area (Å²) in [6, 6.07) is 6.53. The van der Waals surface area contributed by atoms with Crippen molar-refractivity contribution >= 4 is 23.2 Å². The molecule has 0 radical (unpaired) electrons. The predicted octanol–water partition coefficient (Wildman–Crippen LogP) is 2.50. The van der Waals surface area contributed by atoms with E-state index in [9.17, 15) is 9.59 Å². The zero-order chi connectivity index (χ0) is 14.5. The summed E-state index contributed by atoms with van der Waals surface area (Å²) in [5.41, 5.74) is 1.53. The van der Waals surface area contributed by atoms with Crippen molar-refractivity contribution in [1.82, 2.24) is 0 Å². The number of nitrogens with one attached hydrogen (secondary N) is 2. The van der Waals surface area contributed by atoms with Crippen molar-refractivity contribution < 1.29 is 18.7 Å². The summed E-state index contributed by atoms with van der Waals surface area (Å²) in [7, 11) is 1.49. The van der Waals surface area contributed by atoms with Gasteiger partial charge < -0.3 is 19.8 Å². The summed E-state index contributed by atoms with van der Waals surface area (Å²) >= 11 is 0. The number of hydrogen-bond acceptors (Lipinski definition) is 4. The normalized spacial score (nSPS) is 9.90. The Labute approximate surface area is 115 Å². The zero-order valence-electron chi connectivity index (χ0n) is 11.1. The highest BCUT2D eigenvalue weighted by atomic mass is 16.5. The van der Waals surface area contributed by atoms with Gasteiger partial charge in [-0.3, -0.25) is 9.59 Å². The summed E-state index contributed by atoms with van der Waals surface area (Å²) < 4.78 is 10.0. The van der Waals surface area contributed by atoms with Gasteiger partial charge in [0, 0.05) is 18.7 Å². The molecule has 0 aliphatic rings. The van der Waals surface area contributed by atoms with Gasteiger partial charge in [0.2, 0.25) is 5.91 Å². The van der Waals surface area contributed by atoms with Crippen molar-refractivity contribution in [3.8, 4) is 5.75 Å². The molecule has 0 aliphatic heterocycles. The molecule has 2 N–H and O–H groups in total. The number of methoxy groups -OCH3 is 1. The van der Waals surface area contributed by atoms with Gasteiger partial charge >= 0.3 is 0 Å². The van der Waals surface area contributed by atoms with Crippen LogP contribution >= 0.6 is 0 Å².